The SMILES string of the molecule is CCOC1CC(N)(C(=O)N2CCN(CC(=O)NC3CC3)CC2)C1(C)C. The lowest BCUT2D eigenvalue weighted by molar-refractivity contribution is -0.180. The van der Waals surface area contributed by atoms with E-state index in [1.54, 1.807) is 0 Å². The molecule has 3 rings (SSSR count). The number of nitrogens with one attached hydrogen (secondary N) is 1. The molecule has 25 heavy (non-hydrogen) atoms. The second-order valence-electron chi connectivity index (χ2n) is 8.25. The third-order valence-corrected chi connectivity index (χ3v) is 6.18. The Balaban J connectivity index is 1.49. The van der Waals surface area contributed by atoms with Crippen molar-refractivity contribution in [2.75, 3.05) is 39.3 Å². The molecule has 0 aromatic heterocycles. The summed E-state index contributed by atoms with van der Waals surface area (Å²) in [5.41, 5.74) is 5.30. The van der Waals surface area contributed by atoms with E-state index in [-0.39, 0.29) is 23.3 Å². The van der Waals surface area contributed by atoms with E-state index in [2.05, 4.69) is 10.2 Å². The standard InChI is InChI=1S/C18H32N4O3/c1-4-25-14-11-18(19,17(14,2)3)16(24)22-9-7-21(8-10-22)12-15(23)20-13-5-6-13/h13-14H,4-12,19H2,1-3H3,(H,20,23). The maximum atomic E-state index is 13.0. The summed E-state index contributed by atoms with van der Waals surface area (Å²) < 4.78 is 5.72. The zero-order chi connectivity index (χ0) is 18.2. The molecular formula is C18H32N4O3. The van der Waals surface area contributed by atoms with Gasteiger partial charge in [0.25, 0.3) is 0 Å². The number of nitrogens with two attached hydrogens (primary N) is 1. The molecule has 7 heteroatoms. The van der Waals surface area contributed by atoms with Crippen molar-refractivity contribution in [3.63, 3.8) is 0 Å². The van der Waals surface area contributed by atoms with Gasteiger partial charge in [-0.2, -0.15) is 0 Å². The third kappa shape index (κ3) is 3.55. The van der Waals surface area contributed by atoms with Gasteiger partial charge < -0.3 is 20.7 Å². The molecule has 1 heterocycles. The average molecular weight is 352 g/mol. The van der Waals surface area contributed by atoms with E-state index in [1.165, 1.54) is 0 Å². The van der Waals surface area contributed by atoms with Crippen LogP contribution in [0.15, 0.2) is 0 Å². The molecule has 0 aromatic carbocycles. The van der Waals surface area contributed by atoms with Crippen molar-refractivity contribution in [1.29, 1.82) is 0 Å². The van der Waals surface area contributed by atoms with Gasteiger partial charge in [0, 0.05) is 50.7 Å². The number of nitrogens with zero attached hydrogens (tertiary/aromatic N) is 2. The van der Waals surface area contributed by atoms with Gasteiger partial charge in [0.05, 0.1) is 12.6 Å². The Morgan fingerprint density at radius 3 is 2.36 bits per heavy atom. The minimum Gasteiger partial charge on any atom is -0.378 e. The lowest BCUT2D eigenvalue weighted by Gasteiger charge is -2.59. The fraction of sp³-hybridized carbons (Fsp3) is 0.889. The lowest BCUT2D eigenvalue weighted by Crippen LogP contribution is -2.76. The predicted octanol–water partition coefficient (Wildman–Crippen LogP) is -0.0583. The van der Waals surface area contributed by atoms with Crippen LogP contribution in [0.25, 0.3) is 0 Å². The van der Waals surface area contributed by atoms with E-state index >= 15 is 0 Å². The number of hydrogen-bond donors (Lipinski definition) is 2. The molecule has 2 saturated carbocycles. The minimum absolute atomic E-state index is 0.0236. The van der Waals surface area contributed by atoms with Crippen molar-refractivity contribution >= 4 is 11.8 Å². The van der Waals surface area contributed by atoms with Crippen LogP contribution in [0.1, 0.15) is 40.0 Å². The van der Waals surface area contributed by atoms with Crippen LogP contribution in [-0.2, 0) is 14.3 Å². The van der Waals surface area contributed by atoms with E-state index < -0.39 is 5.54 Å². The largest absolute Gasteiger partial charge is 0.378 e. The van der Waals surface area contributed by atoms with Gasteiger partial charge in [-0.05, 0) is 19.8 Å². The summed E-state index contributed by atoms with van der Waals surface area (Å²) in [6, 6.07) is 0.395. The molecule has 2 amide bonds. The average Bonchev–Trinajstić information content (AvgIpc) is 3.38. The van der Waals surface area contributed by atoms with Crippen molar-refractivity contribution < 1.29 is 14.3 Å². The second-order valence-corrected chi connectivity index (χ2v) is 8.25. The first-order chi connectivity index (χ1) is 11.8. The molecule has 0 radical (unpaired) electrons. The van der Waals surface area contributed by atoms with Crippen LogP contribution in [0.5, 0.6) is 0 Å². The van der Waals surface area contributed by atoms with Crippen molar-refractivity contribution in [3.8, 4) is 0 Å². The molecule has 2 unspecified atom stereocenters. The molecule has 3 N–H and O–H groups in total. The Morgan fingerprint density at radius 2 is 1.84 bits per heavy atom. The number of amides is 2. The Labute approximate surface area is 150 Å². The molecular weight excluding hydrogens is 320 g/mol. The lowest BCUT2D eigenvalue weighted by atomic mass is 9.54. The fourth-order valence-corrected chi connectivity index (χ4v) is 3.89. The van der Waals surface area contributed by atoms with Gasteiger partial charge in [-0.15, -0.1) is 0 Å². The Hall–Kier alpha value is -1.18. The van der Waals surface area contributed by atoms with Crippen LogP contribution in [0.2, 0.25) is 0 Å². The maximum Gasteiger partial charge on any atom is 0.243 e. The summed E-state index contributed by atoms with van der Waals surface area (Å²) in [4.78, 5) is 28.9. The van der Waals surface area contributed by atoms with Crippen molar-refractivity contribution in [2.24, 2.45) is 11.1 Å². The minimum atomic E-state index is -0.849. The molecule has 1 saturated heterocycles. The fourth-order valence-electron chi connectivity index (χ4n) is 3.89. The van der Waals surface area contributed by atoms with Gasteiger partial charge in [0.1, 0.15) is 5.54 Å². The van der Waals surface area contributed by atoms with Crippen LogP contribution < -0.4 is 11.1 Å². The summed E-state index contributed by atoms with van der Waals surface area (Å²) in [7, 11) is 0. The smallest absolute Gasteiger partial charge is 0.243 e. The highest BCUT2D eigenvalue weighted by Gasteiger charge is 2.63. The van der Waals surface area contributed by atoms with E-state index in [0.717, 1.165) is 25.9 Å². The topological polar surface area (TPSA) is 87.9 Å². The van der Waals surface area contributed by atoms with Crippen LogP contribution in [0, 0.1) is 5.41 Å². The predicted molar refractivity (Wildman–Crippen MR) is 94.9 cm³/mol. The Bertz CT molecular complexity index is 526. The summed E-state index contributed by atoms with van der Waals surface area (Å²) in [5.74, 6) is 0.118. The molecule has 1 aliphatic heterocycles. The van der Waals surface area contributed by atoms with Crippen LogP contribution >= 0.6 is 0 Å². The van der Waals surface area contributed by atoms with Crippen LogP contribution in [0.3, 0.4) is 0 Å². The number of ether oxygens (including phenoxy) is 1. The monoisotopic (exact) mass is 352 g/mol. The number of hydrogen-bond acceptors (Lipinski definition) is 5. The van der Waals surface area contributed by atoms with Crippen molar-refractivity contribution in [2.45, 2.75) is 57.7 Å². The number of carbonyl (C=O) groups excluding carboxylic acids is 2. The quantitative estimate of drug-likeness (QED) is 0.699. The molecule has 142 valence electrons. The van der Waals surface area contributed by atoms with Gasteiger partial charge in [-0.25, -0.2) is 0 Å². The van der Waals surface area contributed by atoms with E-state index in [1.807, 2.05) is 25.7 Å². The zero-order valence-electron chi connectivity index (χ0n) is 15.7. The molecule has 3 aliphatic rings. The van der Waals surface area contributed by atoms with Crippen molar-refractivity contribution in [3.05, 3.63) is 0 Å². The summed E-state index contributed by atoms with van der Waals surface area (Å²) in [6.07, 6.45) is 2.83. The van der Waals surface area contributed by atoms with Gasteiger partial charge in [0.15, 0.2) is 0 Å². The second kappa shape index (κ2) is 6.85. The number of carbonyl (C=O) groups is 2. The Morgan fingerprint density at radius 1 is 1.20 bits per heavy atom. The summed E-state index contributed by atoms with van der Waals surface area (Å²) in [5, 5.41) is 3.01. The maximum absolute atomic E-state index is 13.0. The van der Waals surface area contributed by atoms with Gasteiger partial charge in [-0.3, -0.25) is 14.5 Å². The molecule has 3 fully saturated rings. The highest BCUT2D eigenvalue weighted by Crippen LogP contribution is 2.50. The van der Waals surface area contributed by atoms with Gasteiger partial charge in [-0.1, -0.05) is 13.8 Å². The molecule has 2 atom stereocenters. The Kier molecular flexibility index (Phi) is 5.10. The van der Waals surface area contributed by atoms with Crippen LogP contribution in [0.4, 0.5) is 0 Å². The summed E-state index contributed by atoms with van der Waals surface area (Å²) in [6.45, 7) is 9.76. The highest BCUT2D eigenvalue weighted by molar-refractivity contribution is 5.89. The molecule has 0 aromatic rings. The van der Waals surface area contributed by atoms with E-state index in [4.69, 9.17) is 10.5 Å². The summed E-state index contributed by atoms with van der Waals surface area (Å²) >= 11 is 0. The molecule has 0 spiro atoms. The zero-order valence-corrected chi connectivity index (χ0v) is 15.7. The van der Waals surface area contributed by atoms with E-state index in [0.29, 0.717) is 38.7 Å². The van der Waals surface area contributed by atoms with Crippen molar-refractivity contribution in [1.82, 2.24) is 15.1 Å². The third-order valence-electron chi connectivity index (χ3n) is 6.18. The first-order valence-electron chi connectivity index (χ1n) is 9.49. The first kappa shape index (κ1) is 18.6. The normalized spacial score (nSPS) is 32.2. The van der Waals surface area contributed by atoms with Gasteiger partial charge in [0.2, 0.25) is 11.8 Å². The molecule has 7 nitrogen and oxygen atoms in total. The molecule has 2 aliphatic carbocycles. The van der Waals surface area contributed by atoms with E-state index in [9.17, 15) is 9.59 Å². The highest BCUT2D eigenvalue weighted by atomic mass is 16.5. The first-order valence-corrected chi connectivity index (χ1v) is 9.49. The number of rotatable bonds is 6. The number of piperazine rings is 1. The van der Waals surface area contributed by atoms with Crippen LogP contribution in [-0.4, -0.2) is 78.6 Å². The molecule has 0 bridgehead atoms. The van der Waals surface area contributed by atoms with Gasteiger partial charge >= 0.3 is 0 Å².